The van der Waals surface area contributed by atoms with Crippen LogP contribution in [0.2, 0.25) is 0 Å². The summed E-state index contributed by atoms with van der Waals surface area (Å²) in [6.07, 6.45) is 2.07. The van der Waals surface area contributed by atoms with Crippen molar-refractivity contribution in [3.8, 4) is 0 Å². The van der Waals surface area contributed by atoms with Crippen molar-refractivity contribution in [3.05, 3.63) is 10.1 Å². The van der Waals surface area contributed by atoms with Gasteiger partial charge in [-0.05, 0) is 32.6 Å². The Morgan fingerprint density at radius 1 is 1.30 bits per heavy atom. The highest BCUT2D eigenvalue weighted by Gasteiger charge is 2.37. The zero-order valence-corrected chi connectivity index (χ0v) is 16.4. The first-order chi connectivity index (χ1) is 12.7. The van der Waals surface area contributed by atoms with Crippen LogP contribution in [0.4, 0.5) is 0 Å². The summed E-state index contributed by atoms with van der Waals surface area (Å²) in [6, 6.07) is -1.20. The van der Waals surface area contributed by atoms with Crippen molar-refractivity contribution in [2.75, 3.05) is 25.5 Å². The number of likely N-dealkylation sites (tertiary alicyclic amines) is 1. The molecule has 0 spiro atoms. The lowest BCUT2D eigenvalue weighted by molar-refractivity contribution is -0.757. The summed E-state index contributed by atoms with van der Waals surface area (Å²) >= 11 is 1.03. The molecule has 1 amide bonds. The SMILES string of the molecule is CC(N)C(=O)SC[C@@H](C)C(=O)N1CCC[C@H]1C(=O)OCCCCO[N+](=O)[O-]. The van der Waals surface area contributed by atoms with Crippen LogP contribution in [0.25, 0.3) is 0 Å². The predicted octanol–water partition coefficient (Wildman–Crippen LogP) is 0.752. The molecule has 10 nitrogen and oxygen atoms in total. The van der Waals surface area contributed by atoms with E-state index in [9.17, 15) is 24.5 Å². The van der Waals surface area contributed by atoms with Gasteiger partial charge in [0.25, 0.3) is 5.09 Å². The van der Waals surface area contributed by atoms with Crippen LogP contribution in [0, 0.1) is 16.0 Å². The summed E-state index contributed by atoms with van der Waals surface area (Å²) in [7, 11) is 0. The van der Waals surface area contributed by atoms with E-state index < -0.39 is 29.1 Å². The minimum atomic E-state index is -0.866. The number of unbranched alkanes of at least 4 members (excludes halogenated alkanes) is 1. The Balaban J connectivity index is 2.40. The minimum absolute atomic E-state index is 0.0477. The van der Waals surface area contributed by atoms with E-state index in [-0.39, 0.29) is 24.2 Å². The third-order valence-electron chi connectivity index (χ3n) is 4.06. The molecule has 1 rings (SSSR count). The van der Waals surface area contributed by atoms with Gasteiger partial charge in [0.1, 0.15) is 6.04 Å². The van der Waals surface area contributed by atoms with Crippen LogP contribution in [0.1, 0.15) is 39.5 Å². The van der Waals surface area contributed by atoms with E-state index in [1.54, 1.807) is 13.8 Å². The summed E-state index contributed by atoms with van der Waals surface area (Å²) in [5.74, 6) is -0.750. The second-order valence-corrected chi connectivity index (χ2v) is 7.47. The highest BCUT2D eigenvalue weighted by molar-refractivity contribution is 8.13. The zero-order chi connectivity index (χ0) is 20.4. The van der Waals surface area contributed by atoms with Gasteiger partial charge < -0.3 is 20.2 Å². The van der Waals surface area contributed by atoms with E-state index >= 15 is 0 Å². The van der Waals surface area contributed by atoms with Gasteiger partial charge in [-0.1, -0.05) is 18.7 Å². The minimum Gasteiger partial charge on any atom is -0.464 e. The van der Waals surface area contributed by atoms with Crippen LogP contribution in [0.5, 0.6) is 0 Å². The topological polar surface area (TPSA) is 142 Å². The maximum absolute atomic E-state index is 12.6. The molecule has 0 aliphatic carbocycles. The molecule has 27 heavy (non-hydrogen) atoms. The van der Waals surface area contributed by atoms with E-state index in [4.69, 9.17) is 10.5 Å². The molecule has 1 aliphatic heterocycles. The largest absolute Gasteiger partial charge is 0.464 e. The number of carbonyl (C=O) groups excluding carboxylic acids is 3. The Labute approximate surface area is 162 Å². The van der Waals surface area contributed by atoms with E-state index in [0.29, 0.717) is 38.0 Å². The summed E-state index contributed by atoms with van der Waals surface area (Å²) in [6.45, 7) is 3.86. The second-order valence-electron chi connectivity index (χ2n) is 6.44. The molecule has 2 N–H and O–H groups in total. The molecule has 11 heteroatoms. The van der Waals surface area contributed by atoms with E-state index in [0.717, 1.165) is 11.8 Å². The Morgan fingerprint density at radius 3 is 2.59 bits per heavy atom. The third-order valence-corrected chi connectivity index (χ3v) is 5.38. The van der Waals surface area contributed by atoms with E-state index in [1.807, 2.05) is 0 Å². The number of ether oxygens (including phenoxy) is 1. The molecule has 0 bridgehead atoms. The molecule has 1 heterocycles. The van der Waals surface area contributed by atoms with Crippen molar-refractivity contribution in [1.82, 2.24) is 4.90 Å². The van der Waals surface area contributed by atoms with Crippen molar-refractivity contribution in [2.45, 2.75) is 51.6 Å². The summed E-state index contributed by atoms with van der Waals surface area (Å²) in [5, 5.41) is 8.98. The molecule has 1 unspecified atom stereocenters. The summed E-state index contributed by atoms with van der Waals surface area (Å²) in [5.41, 5.74) is 5.51. The lowest BCUT2D eigenvalue weighted by Crippen LogP contribution is -2.44. The second kappa shape index (κ2) is 11.8. The maximum Gasteiger partial charge on any atom is 0.328 e. The number of amides is 1. The number of nitrogens with zero attached hydrogens (tertiary/aromatic N) is 2. The van der Waals surface area contributed by atoms with Crippen LogP contribution in [0.3, 0.4) is 0 Å². The molecular weight excluding hydrogens is 378 g/mol. The smallest absolute Gasteiger partial charge is 0.328 e. The summed E-state index contributed by atoms with van der Waals surface area (Å²) in [4.78, 5) is 52.1. The monoisotopic (exact) mass is 405 g/mol. The number of rotatable bonds is 11. The Morgan fingerprint density at radius 2 is 1.96 bits per heavy atom. The van der Waals surface area contributed by atoms with Crippen LogP contribution < -0.4 is 5.73 Å². The fraction of sp³-hybridized carbons (Fsp3) is 0.812. The standard InChI is InChI=1S/C16H27N3O7S/c1-11(10-27-16(22)12(2)17)14(20)18-7-5-6-13(18)15(21)25-8-3-4-9-26-19(23)24/h11-13H,3-10,17H2,1-2H3/t11-,12?,13+/m1/s1. The Hall–Kier alpha value is -1.88. The lowest BCUT2D eigenvalue weighted by atomic mass is 10.1. The van der Waals surface area contributed by atoms with Gasteiger partial charge in [0.05, 0.1) is 19.3 Å². The first-order valence-corrected chi connectivity index (χ1v) is 9.89. The van der Waals surface area contributed by atoms with Crippen molar-refractivity contribution >= 4 is 28.8 Å². The number of hydrogen-bond donors (Lipinski definition) is 1. The Kier molecular flexibility index (Phi) is 10.1. The van der Waals surface area contributed by atoms with Crippen molar-refractivity contribution in [3.63, 3.8) is 0 Å². The van der Waals surface area contributed by atoms with Crippen LogP contribution in [0.15, 0.2) is 0 Å². The van der Waals surface area contributed by atoms with Gasteiger partial charge in [0, 0.05) is 18.2 Å². The molecular formula is C16H27N3O7S. The molecule has 0 radical (unpaired) electrons. The van der Waals surface area contributed by atoms with Crippen LogP contribution in [-0.4, -0.2) is 64.6 Å². The van der Waals surface area contributed by atoms with E-state index in [1.165, 1.54) is 4.90 Å². The van der Waals surface area contributed by atoms with Crippen LogP contribution >= 0.6 is 11.8 Å². The number of nitrogens with two attached hydrogens (primary N) is 1. The highest BCUT2D eigenvalue weighted by atomic mass is 32.2. The summed E-state index contributed by atoms with van der Waals surface area (Å²) < 4.78 is 5.19. The predicted molar refractivity (Wildman–Crippen MR) is 98.2 cm³/mol. The molecule has 1 aliphatic rings. The number of esters is 1. The highest BCUT2D eigenvalue weighted by Crippen LogP contribution is 2.23. The fourth-order valence-electron chi connectivity index (χ4n) is 2.58. The molecule has 154 valence electrons. The molecule has 1 fully saturated rings. The van der Waals surface area contributed by atoms with Crippen molar-refractivity contribution in [2.24, 2.45) is 11.7 Å². The maximum atomic E-state index is 12.6. The van der Waals surface area contributed by atoms with E-state index in [2.05, 4.69) is 4.84 Å². The van der Waals surface area contributed by atoms with Gasteiger partial charge in [-0.3, -0.25) is 9.59 Å². The van der Waals surface area contributed by atoms with Gasteiger partial charge in [-0.25, -0.2) is 4.79 Å². The first-order valence-electron chi connectivity index (χ1n) is 8.90. The molecule has 0 aromatic carbocycles. The van der Waals surface area contributed by atoms with Gasteiger partial charge in [0.15, 0.2) is 0 Å². The fourth-order valence-corrected chi connectivity index (χ4v) is 3.40. The number of thioether (sulfide) groups is 1. The quantitative estimate of drug-likeness (QED) is 0.228. The number of carbonyl (C=O) groups is 3. The normalized spacial score (nSPS) is 18.6. The van der Waals surface area contributed by atoms with Crippen molar-refractivity contribution in [1.29, 1.82) is 0 Å². The van der Waals surface area contributed by atoms with Gasteiger partial charge in [-0.2, -0.15) is 0 Å². The molecule has 0 aromatic heterocycles. The Bertz CT molecular complexity index is 544. The van der Waals surface area contributed by atoms with Crippen LogP contribution in [-0.2, 0) is 24.0 Å². The van der Waals surface area contributed by atoms with Gasteiger partial charge >= 0.3 is 5.97 Å². The molecule has 3 atom stereocenters. The number of hydrogen-bond acceptors (Lipinski definition) is 9. The molecule has 0 aromatic rings. The average molecular weight is 405 g/mol. The van der Waals surface area contributed by atoms with Gasteiger partial charge in [0.2, 0.25) is 11.0 Å². The van der Waals surface area contributed by atoms with Crippen molar-refractivity contribution < 1.29 is 29.0 Å². The van der Waals surface area contributed by atoms with Gasteiger partial charge in [-0.15, -0.1) is 10.1 Å². The lowest BCUT2D eigenvalue weighted by Gasteiger charge is -2.26. The third kappa shape index (κ3) is 8.12. The first kappa shape index (κ1) is 23.2. The average Bonchev–Trinajstić information content (AvgIpc) is 3.10. The molecule has 1 saturated heterocycles. The molecule has 0 saturated carbocycles. The zero-order valence-electron chi connectivity index (χ0n) is 15.6.